The summed E-state index contributed by atoms with van der Waals surface area (Å²) in [5.41, 5.74) is 4.09. The van der Waals surface area contributed by atoms with Gasteiger partial charge in [0.15, 0.2) is 5.03 Å². The second kappa shape index (κ2) is 10.2. The predicted molar refractivity (Wildman–Crippen MR) is 114 cm³/mol. The van der Waals surface area contributed by atoms with Gasteiger partial charge in [-0.1, -0.05) is 41.6 Å². The fourth-order valence-corrected chi connectivity index (χ4v) is 2.91. The Morgan fingerprint density at radius 3 is 2.60 bits per heavy atom. The average molecular weight is 425 g/mol. The molecule has 0 radical (unpaired) electrons. The maximum atomic E-state index is 11.8. The van der Waals surface area contributed by atoms with Crippen LogP contribution < -0.4 is 21.4 Å². The predicted octanol–water partition coefficient (Wildman–Crippen LogP) is 1.59. The van der Waals surface area contributed by atoms with Gasteiger partial charge < -0.3 is 4.74 Å². The highest BCUT2D eigenvalue weighted by molar-refractivity contribution is 7.99. The van der Waals surface area contributed by atoms with Crippen LogP contribution in [0, 0.1) is 6.92 Å². The summed E-state index contributed by atoms with van der Waals surface area (Å²) in [6.45, 7) is 2.52. The van der Waals surface area contributed by atoms with Crippen molar-refractivity contribution in [3.05, 3.63) is 86.1 Å². The van der Waals surface area contributed by atoms with Crippen molar-refractivity contribution in [2.75, 3.05) is 5.75 Å². The number of hydrogen-bond donors (Lipinski definition) is 3. The lowest BCUT2D eigenvalue weighted by atomic mass is 10.2. The quantitative estimate of drug-likeness (QED) is 0.286. The Morgan fingerprint density at radius 2 is 1.90 bits per heavy atom. The number of nitrogens with zero attached hydrogens (tertiary/aromatic N) is 2. The number of rotatable bonds is 8. The minimum atomic E-state index is -0.704. The summed E-state index contributed by atoms with van der Waals surface area (Å²) in [6.07, 6.45) is 1.50. The van der Waals surface area contributed by atoms with Gasteiger partial charge in [-0.3, -0.25) is 14.6 Å². The third-order valence-corrected chi connectivity index (χ3v) is 4.79. The lowest BCUT2D eigenvalue weighted by molar-refractivity contribution is -0.118. The van der Waals surface area contributed by atoms with E-state index in [0.29, 0.717) is 6.61 Å². The van der Waals surface area contributed by atoms with Crippen molar-refractivity contribution in [1.29, 1.82) is 0 Å². The van der Waals surface area contributed by atoms with Gasteiger partial charge in [0.1, 0.15) is 12.4 Å². The van der Waals surface area contributed by atoms with Crippen LogP contribution in [0.25, 0.3) is 0 Å². The van der Waals surface area contributed by atoms with Crippen molar-refractivity contribution in [1.82, 2.24) is 20.6 Å². The Labute approximate surface area is 175 Å². The molecule has 0 bridgehead atoms. The number of hydrogen-bond acceptors (Lipinski definition) is 7. The highest BCUT2D eigenvalue weighted by atomic mass is 32.2. The summed E-state index contributed by atoms with van der Waals surface area (Å²) >= 11 is 0.889. The van der Waals surface area contributed by atoms with Crippen LogP contribution in [0.3, 0.4) is 0 Å². The third kappa shape index (κ3) is 6.45. The van der Waals surface area contributed by atoms with Gasteiger partial charge in [-0.05, 0) is 42.3 Å². The molecule has 0 aliphatic rings. The Bertz CT molecular complexity index is 1140. The van der Waals surface area contributed by atoms with Crippen molar-refractivity contribution in [3.63, 3.8) is 0 Å². The maximum Gasteiger partial charge on any atom is 0.342 e. The average Bonchev–Trinajstić information content (AvgIpc) is 2.74. The zero-order valence-corrected chi connectivity index (χ0v) is 16.9. The number of aromatic amines is 2. The van der Waals surface area contributed by atoms with E-state index in [4.69, 9.17) is 4.74 Å². The second-order valence-electron chi connectivity index (χ2n) is 6.24. The summed E-state index contributed by atoms with van der Waals surface area (Å²) in [5.74, 6) is 0.235. The van der Waals surface area contributed by atoms with Crippen molar-refractivity contribution in [2.24, 2.45) is 5.10 Å². The Kier molecular flexibility index (Phi) is 7.17. The molecule has 9 nitrogen and oxygen atoms in total. The molecule has 30 heavy (non-hydrogen) atoms. The monoisotopic (exact) mass is 425 g/mol. The van der Waals surface area contributed by atoms with Crippen LogP contribution in [-0.2, 0) is 11.4 Å². The number of aryl methyl sites for hydroxylation is 1. The molecule has 0 saturated carbocycles. The van der Waals surface area contributed by atoms with E-state index in [9.17, 15) is 14.4 Å². The van der Waals surface area contributed by atoms with E-state index >= 15 is 0 Å². The molecule has 1 heterocycles. The van der Waals surface area contributed by atoms with Crippen LogP contribution in [0.4, 0.5) is 0 Å². The van der Waals surface area contributed by atoms with E-state index in [1.54, 1.807) is 0 Å². The normalized spacial score (nSPS) is 10.8. The Morgan fingerprint density at radius 1 is 1.17 bits per heavy atom. The topological polar surface area (TPSA) is 129 Å². The largest absolute Gasteiger partial charge is 0.489 e. The second-order valence-corrected chi connectivity index (χ2v) is 7.20. The first-order valence-corrected chi connectivity index (χ1v) is 9.90. The first-order valence-electron chi connectivity index (χ1n) is 8.92. The van der Waals surface area contributed by atoms with Gasteiger partial charge in [0.25, 0.3) is 5.56 Å². The first kappa shape index (κ1) is 21.1. The number of hydrazone groups is 1. The molecule has 0 unspecified atom stereocenters. The SMILES string of the molecule is Cc1ccc(COc2ccc(/C=N/NC(=O)CSc3n[nH]c(=O)[nH]c3=O)cc2)cc1. The zero-order chi connectivity index (χ0) is 21.3. The number of ether oxygens (including phenoxy) is 1. The molecule has 0 spiro atoms. The summed E-state index contributed by atoms with van der Waals surface area (Å²) in [7, 11) is 0. The number of nitrogens with one attached hydrogen (secondary N) is 3. The van der Waals surface area contributed by atoms with Crippen LogP contribution in [0.1, 0.15) is 16.7 Å². The minimum absolute atomic E-state index is 0.00467. The van der Waals surface area contributed by atoms with E-state index < -0.39 is 17.2 Å². The fourth-order valence-electron chi connectivity index (χ4n) is 2.28. The number of thioether (sulfide) groups is 1. The molecule has 10 heteroatoms. The molecule has 1 amide bonds. The van der Waals surface area contributed by atoms with Gasteiger partial charge in [0.05, 0.1) is 12.0 Å². The lowest BCUT2D eigenvalue weighted by Gasteiger charge is -2.06. The number of H-pyrrole nitrogens is 2. The van der Waals surface area contributed by atoms with Crippen LogP contribution in [0.15, 0.2) is 68.2 Å². The molecule has 3 N–H and O–H groups in total. The van der Waals surface area contributed by atoms with Crippen LogP contribution >= 0.6 is 11.8 Å². The summed E-state index contributed by atoms with van der Waals surface area (Å²) in [4.78, 5) is 36.2. The van der Waals surface area contributed by atoms with Gasteiger partial charge in [-0.2, -0.15) is 10.2 Å². The van der Waals surface area contributed by atoms with Crippen LogP contribution in [0.5, 0.6) is 5.75 Å². The number of amides is 1. The molecule has 154 valence electrons. The van der Waals surface area contributed by atoms with Crippen molar-refractivity contribution in [2.45, 2.75) is 18.6 Å². The lowest BCUT2D eigenvalue weighted by Crippen LogP contribution is -2.26. The van der Waals surface area contributed by atoms with E-state index in [2.05, 4.69) is 20.7 Å². The molecular formula is C20H19N5O4S. The smallest absolute Gasteiger partial charge is 0.342 e. The molecule has 3 aromatic rings. The highest BCUT2D eigenvalue weighted by Crippen LogP contribution is 2.14. The molecule has 2 aromatic carbocycles. The standard InChI is InChI=1S/C20H19N5O4S/c1-13-2-4-15(5-3-13)11-29-16-8-6-14(7-9-16)10-21-23-17(26)12-30-19-18(27)22-20(28)25-24-19/h2-10H,11-12H2,1H3,(H,23,26)(H2,22,25,27,28)/b21-10+. The van der Waals surface area contributed by atoms with Gasteiger partial charge in [0, 0.05) is 0 Å². The molecule has 1 aromatic heterocycles. The number of carbonyl (C=O) groups excluding carboxylic acids is 1. The van der Waals surface area contributed by atoms with Gasteiger partial charge in [-0.15, -0.1) is 0 Å². The summed E-state index contributed by atoms with van der Waals surface area (Å²) in [5, 5.41) is 9.55. The van der Waals surface area contributed by atoms with Crippen molar-refractivity contribution >= 4 is 23.9 Å². The van der Waals surface area contributed by atoms with E-state index in [0.717, 1.165) is 28.6 Å². The van der Waals surface area contributed by atoms with Crippen LogP contribution in [-0.4, -0.2) is 33.1 Å². The Hall–Kier alpha value is -3.66. The number of carbonyl (C=O) groups is 1. The van der Waals surface area contributed by atoms with E-state index in [1.807, 2.05) is 60.4 Å². The van der Waals surface area contributed by atoms with Gasteiger partial charge >= 0.3 is 5.69 Å². The van der Waals surface area contributed by atoms with Gasteiger partial charge in [0.2, 0.25) is 5.91 Å². The van der Waals surface area contributed by atoms with Crippen molar-refractivity contribution in [3.8, 4) is 5.75 Å². The fraction of sp³-hybridized carbons (Fsp3) is 0.150. The number of aromatic nitrogens is 3. The van der Waals surface area contributed by atoms with Gasteiger partial charge in [-0.25, -0.2) is 15.3 Å². The molecule has 0 aliphatic heterocycles. The minimum Gasteiger partial charge on any atom is -0.489 e. The first-order chi connectivity index (χ1) is 14.5. The van der Waals surface area contributed by atoms with Crippen LogP contribution in [0.2, 0.25) is 0 Å². The Balaban J connectivity index is 1.44. The molecule has 3 rings (SSSR count). The summed E-state index contributed by atoms with van der Waals surface area (Å²) in [6, 6.07) is 15.4. The number of benzene rings is 2. The molecule has 0 fully saturated rings. The summed E-state index contributed by atoms with van der Waals surface area (Å²) < 4.78 is 5.75. The van der Waals surface area contributed by atoms with E-state index in [-0.39, 0.29) is 10.8 Å². The molecule has 0 aliphatic carbocycles. The zero-order valence-electron chi connectivity index (χ0n) is 16.0. The molecular weight excluding hydrogens is 406 g/mol. The molecule has 0 atom stereocenters. The van der Waals surface area contributed by atoms with Crippen molar-refractivity contribution < 1.29 is 9.53 Å². The highest BCUT2D eigenvalue weighted by Gasteiger charge is 2.07. The molecule has 0 saturated heterocycles. The van der Waals surface area contributed by atoms with E-state index in [1.165, 1.54) is 11.8 Å². The maximum absolute atomic E-state index is 11.8. The third-order valence-electron chi connectivity index (χ3n) is 3.83.